The molecule has 0 aliphatic carbocycles. The lowest BCUT2D eigenvalue weighted by Gasteiger charge is -2.32. The van der Waals surface area contributed by atoms with Crippen molar-refractivity contribution in [3.63, 3.8) is 0 Å². The van der Waals surface area contributed by atoms with Gasteiger partial charge in [-0.25, -0.2) is 22.9 Å². The SMILES string of the molecule is NS(=O)(=O)c1ccc(-c2ocnc2C/C=C(\Oc2cc(F)cc(C3(O)CCOCC3)c2)c2ccccc2)cc1. The topological polar surface area (TPSA) is 125 Å². The molecule has 0 radical (unpaired) electrons. The van der Waals surface area contributed by atoms with Gasteiger partial charge >= 0.3 is 0 Å². The molecule has 1 aliphatic rings. The molecule has 10 heteroatoms. The Balaban J connectivity index is 1.44. The van der Waals surface area contributed by atoms with Crippen molar-refractivity contribution in [2.75, 3.05) is 13.2 Å². The number of sulfonamides is 1. The highest BCUT2D eigenvalue weighted by Crippen LogP contribution is 2.35. The lowest BCUT2D eigenvalue weighted by atomic mass is 9.86. The molecular formula is C29H27FN2O6S. The smallest absolute Gasteiger partial charge is 0.238 e. The lowest BCUT2D eigenvalue weighted by Crippen LogP contribution is -2.33. The quantitative estimate of drug-likeness (QED) is 0.302. The van der Waals surface area contributed by atoms with Crippen LogP contribution in [0.4, 0.5) is 4.39 Å². The maximum atomic E-state index is 14.6. The van der Waals surface area contributed by atoms with Gasteiger partial charge in [0.2, 0.25) is 10.0 Å². The summed E-state index contributed by atoms with van der Waals surface area (Å²) in [6, 6.07) is 19.6. The fourth-order valence-corrected chi connectivity index (χ4v) is 4.99. The number of nitrogens with two attached hydrogens (primary N) is 1. The normalized spacial score (nSPS) is 15.7. The van der Waals surface area contributed by atoms with Crippen LogP contribution in [-0.2, 0) is 26.8 Å². The van der Waals surface area contributed by atoms with Crippen molar-refractivity contribution in [2.45, 2.75) is 29.8 Å². The minimum Gasteiger partial charge on any atom is -0.457 e. The maximum absolute atomic E-state index is 14.6. The Morgan fingerprint density at radius 3 is 2.49 bits per heavy atom. The van der Waals surface area contributed by atoms with Crippen molar-refractivity contribution in [1.82, 2.24) is 4.98 Å². The third kappa shape index (κ3) is 6.26. The number of allylic oxidation sites excluding steroid dienone is 1. The number of oxazole rings is 1. The third-order valence-electron chi connectivity index (χ3n) is 6.58. The highest BCUT2D eigenvalue weighted by atomic mass is 32.2. The largest absolute Gasteiger partial charge is 0.457 e. The van der Waals surface area contributed by atoms with Crippen molar-refractivity contribution in [1.29, 1.82) is 0 Å². The second-order valence-corrected chi connectivity index (χ2v) is 10.8. The summed E-state index contributed by atoms with van der Waals surface area (Å²) in [5.74, 6) is 0.662. The van der Waals surface area contributed by atoms with Crippen molar-refractivity contribution >= 4 is 15.8 Å². The summed E-state index contributed by atoms with van der Waals surface area (Å²) in [5.41, 5.74) is 1.23. The molecule has 1 aromatic heterocycles. The average molecular weight is 551 g/mol. The predicted octanol–water partition coefficient (Wildman–Crippen LogP) is 4.79. The third-order valence-corrected chi connectivity index (χ3v) is 7.51. The molecule has 3 N–H and O–H groups in total. The molecule has 0 bridgehead atoms. The molecule has 0 amide bonds. The molecule has 0 atom stereocenters. The summed E-state index contributed by atoms with van der Waals surface area (Å²) in [6.45, 7) is 0.784. The predicted molar refractivity (Wildman–Crippen MR) is 142 cm³/mol. The Kier molecular flexibility index (Phi) is 7.62. The average Bonchev–Trinajstić information content (AvgIpc) is 3.40. The minimum absolute atomic E-state index is 0.00755. The first-order valence-corrected chi connectivity index (χ1v) is 13.9. The molecule has 0 unspecified atom stereocenters. The summed E-state index contributed by atoms with van der Waals surface area (Å²) in [5, 5.41) is 16.3. The summed E-state index contributed by atoms with van der Waals surface area (Å²) in [6.07, 6.45) is 4.15. The van der Waals surface area contributed by atoms with E-state index in [1.54, 1.807) is 18.2 Å². The number of hydrogen-bond donors (Lipinski definition) is 2. The van der Waals surface area contributed by atoms with E-state index in [-0.39, 0.29) is 10.6 Å². The first-order chi connectivity index (χ1) is 18.7. The first kappa shape index (κ1) is 26.8. The molecule has 0 saturated carbocycles. The minimum atomic E-state index is -3.82. The van der Waals surface area contributed by atoms with Crippen molar-refractivity contribution in [3.8, 4) is 17.1 Å². The van der Waals surface area contributed by atoms with Crippen LogP contribution in [-0.4, -0.2) is 31.7 Å². The van der Waals surface area contributed by atoms with Crippen LogP contribution in [0, 0.1) is 5.82 Å². The number of aliphatic hydroxyl groups is 1. The molecular weight excluding hydrogens is 523 g/mol. The van der Waals surface area contributed by atoms with E-state index in [1.807, 2.05) is 36.4 Å². The van der Waals surface area contributed by atoms with Crippen LogP contribution < -0.4 is 9.88 Å². The molecule has 1 aliphatic heterocycles. The number of ether oxygens (including phenoxy) is 2. The number of benzene rings is 3. The van der Waals surface area contributed by atoms with E-state index < -0.39 is 21.4 Å². The Labute approximate surface area is 225 Å². The molecule has 4 aromatic rings. The van der Waals surface area contributed by atoms with Crippen LogP contribution in [0.3, 0.4) is 0 Å². The fourth-order valence-electron chi connectivity index (χ4n) is 4.47. The molecule has 39 heavy (non-hydrogen) atoms. The van der Waals surface area contributed by atoms with Gasteiger partial charge in [0.15, 0.2) is 12.2 Å². The summed E-state index contributed by atoms with van der Waals surface area (Å²) in [7, 11) is -3.82. The Morgan fingerprint density at radius 2 is 1.79 bits per heavy atom. The number of hydrogen-bond acceptors (Lipinski definition) is 7. The lowest BCUT2D eigenvalue weighted by molar-refractivity contribution is -0.0681. The summed E-state index contributed by atoms with van der Waals surface area (Å²) < 4.78 is 55.0. The molecule has 202 valence electrons. The van der Waals surface area contributed by atoms with Crippen LogP contribution in [0.5, 0.6) is 5.75 Å². The molecule has 5 rings (SSSR count). The van der Waals surface area contributed by atoms with Crippen molar-refractivity contribution < 1.29 is 31.8 Å². The van der Waals surface area contributed by atoms with Gasteiger partial charge in [-0.05, 0) is 48.0 Å². The Hall–Kier alpha value is -3.83. The number of rotatable bonds is 8. The molecule has 3 aromatic carbocycles. The summed E-state index contributed by atoms with van der Waals surface area (Å²) in [4.78, 5) is 4.31. The zero-order valence-electron chi connectivity index (χ0n) is 20.9. The van der Waals surface area contributed by atoms with Crippen molar-refractivity contribution in [3.05, 3.63) is 108 Å². The van der Waals surface area contributed by atoms with Crippen LogP contribution >= 0.6 is 0 Å². The maximum Gasteiger partial charge on any atom is 0.238 e. The van der Waals surface area contributed by atoms with Gasteiger partial charge in [-0.15, -0.1) is 0 Å². The number of nitrogens with zero attached hydrogens (tertiary/aromatic N) is 1. The van der Waals surface area contributed by atoms with Crippen LogP contribution in [0.1, 0.15) is 29.7 Å². The number of aromatic nitrogens is 1. The number of primary sulfonamides is 1. The van der Waals surface area contributed by atoms with E-state index in [9.17, 15) is 17.9 Å². The van der Waals surface area contributed by atoms with E-state index in [4.69, 9.17) is 19.0 Å². The van der Waals surface area contributed by atoms with Gasteiger partial charge in [0.1, 0.15) is 17.3 Å². The van der Waals surface area contributed by atoms with E-state index in [1.165, 1.54) is 30.7 Å². The highest BCUT2D eigenvalue weighted by molar-refractivity contribution is 7.89. The van der Waals surface area contributed by atoms with E-state index in [0.29, 0.717) is 60.8 Å². The van der Waals surface area contributed by atoms with Gasteiger partial charge in [0.05, 0.1) is 16.2 Å². The van der Waals surface area contributed by atoms with Gasteiger partial charge in [0.25, 0.3) is 0 Å². The van der Waals surface area contributed by atoms with Crippen molar-refractivity contribution in [2.24, 2.45) is 5.14 Å². The molecule has 1 fully saturated rings. The summed E-state index contributed by atoms with van der Waals surface area (Å²) >= 11 is 0. The van der Waals surface area contributed by atoms with Gasteiger partial charge < -0.3 is 19.0 Å². The van der Waals surface area contributed by atoms with Crippen LogP contribution in [0.2, 0.25) is 0 Å². The van der Waals surface area contributed by atoms with Crippen LogP contribution in [0.25, 0.3) is 17.1 Å². The van der Waals surface area contributed by atoms with E-state index in [0.717, 1.165) is 5.56 Å². The molecule has 1 saturated heterocycles. The second-order valence-electron chi connectivity index (χ2n) is 9.26. The van der Waals surface area contributed by atoms with Gasteiger partial charge in [-0.2, -0.15) is 0 Å². The Bertz CT molecular complexity index is 1580. The van der Waals surface area contributed by atoms with E-state index in [2.05, 4.69) is 4.98 Å². The monoisotopic (exact) mass is 550 g/mol. The van der Waals surface area contributed by atoms with Gasteiger partial charge in [-0.3, -0.25) is 0 Å². The highest BCUT2D eigenvalue weighted by Gasteiger charge is 2.32. The Morgan fingerprint density at radius 1 is 1.08 bits per heavy atom. The fraction of sp³-hybridized carbons (Fsp3) is 0.207. The van der Waals surface area contributed by atoms with E-state index >= 15 is 0 Å². The number of halogens is 1. The molecule has 2 heterocycles. The zero-order valence-corrected chi connectivity index (χ0v) is 21.7. The van der Waals surface area contributed by atoms with Crippen LogP contribution in [0.15, 0.2) is 94.6 Å². The molecule has 8 nitrogen and oxygen atoms in total. The zero-order chi connectivity index (χ0) is 27.5. The second kappa shape index (κ2) is 11.1. The van der Waals surface area contributed by atoms with Gasteiger partial charge in [-0.1, -0.05) is 30.3 Å². The van der Waals surface area contributed by atoms with Gasteiger partial charge in [0, 0.05) is 49.7 Å². The standard InChI is InChI=1S/C29H27FN2O6S/c30-23-16-22(29(33)12-14-36-15-13-29)17-24(18-23)38-27(20-4-2-1-3-5-20)11-10-26-28(37-19-32-26)21-6-8-25(9-7-21)39(31,34)35/h1-9,11,16-19,33H,10,12-15H2,(H2,31,34,35)/b27-11-. The first-order valence-electron chi connectivity index (χ1n) is 12.3. The molecule has 0 spiro atoms.